The van der Waals surface area contributed by atoms with Crippen LogP contribution in [0.5, 0.6) is 5.75 Å². The van der Waals surface area contributed by atoms with Gasteiger partial charge in [0.2, 0.25) is 0 Å². The molecule has 0 bridgehead atoms. The van der Waals surface area contributed by atoms with Crippen molar-refractivity contribution in [1.29, 1.82) is 0 Å². The van der Waals surface area contributed by atoms with E-state index in [1.54, 1.807) is 19.1 Å². The lowest BCUT2D eigenvalue weighted by atomic mass is 9.91. The van der Waals surface area contributed by atoms with Crippen molar-refractivity contribution in [2.24, 2.45) is 0 Å². The third-order valence-corrected chi connectivity index (χ3v) is 5.92. The average molecular weight is 470 g/mol. The summed E-state index contributed by atoms with van der Waals surface area (Å²) in [5.74, 6) is -0.672. The number of unbranched alkanes of at least 4 members (excludes halogenated alkanes) is 3. The number of hydrogen-bond donors (Lipinski definition) is 1. The van der Waals surface area contributed by atoms with Crippen LogP contribution in [0.4, 0.5) is 0 Å². The van der Waals surface area contributed by atoms with Gasteiger partial charge in [-0.05, 0) is 43.0 Å². The quantitative estimate of drug-likeness (QED) is 0.321. The Balaban J connectivity index is 2.00. The lowest BCUT2D eigenvalue weighted by molar-refractivity contribution is -0.151. The van der Waals surface area contributed by atoms with Crippen molar-refractivity contribution in [3.05, 3.63) is 65.7 Å². The monoisotopic (exact) mass is 469 g/mol. The Kier molecular flexibility index (Phi) is 12.2. The zero-order valence-corrected chi connectivity index (χ0v) is 20.7. The molecule has 186 valence electrons. The maximum atomic E-state index is 13.0. The fourth-order valence-electron chi connectivity index (χ4n) is 4.04. The first kappa shape index (κ1) is 27.4. The van der Waals surface area contributed by atoms with Gasteiger partial charge in [-0.1, -0.05) is 75.6 Å². The molecule has 2 aromatic carbocycles. The fraction of sp³-hybridized carbons (Fsp3) is 0.500. The number of carboxylic acids is 1. The molecular weight excluding hydrogens is 430 g/mol. The molecule has 2 aromatic rings. The molecule has 1 unspecified atom stereocenters. The topological polar surface area (TPSA) is 76.1 Å². The van der Waals surface area contributed by atoms with Crippen LogP contribution in [0.25, 0.3) is 0 Å². The Morgan fingerprint density at radius 3 is 2.24 bits per heavy atom. The van der Waals surface area contributed by atoms with Crippen molar-refractivity contribution < 1.29 is 24.2 Å². The van der Waals surface area contributed by atoms with Crippen LogP contribution in [0.3, 0.4) is 0 Å². The van der Waals surface area contributed by atoms with Crippen molar-refractivity contribution >= 4 is 11.9 Å². The second-order valence-electron chi connectivity index (χ2n) is 8.45. The predicted octanol–water partition coefficient (Wildman–Crippen LogP) is 5.66. The minimum atomic E-state index is -0.961. The molecule has 6 nitrogen and oxygen atoms in total. The molecule has 0 heterocycles. The lowest BCUT2D eigenvalue weighted by Gasteiger charge is -2.24. The molecule has 0 fully saturated rings. The Hall–Kier alpha value is -2.86. The highest BCUT2D eigenvalue weighted by Gasteiger charge is 2.28. The van der Waals surface area contributed by atoms with Crippen molar-refractivity contribution in [2.45, 2.75) is 71.4 Å². The normalized spacial score (nSPS) is 12.7. The zero-order valence-electron chi connectivity index (χ0n) is 20.7. The van der Waals surface area contributed by atoms with Crippen LogP contribution in [0.1, 0.15) is 69.9 Å². The molecule has 6 heteroatoms. The molecule has 1 N–H and O–H groups in total. The molecule has 0 spiro atoms. The van der Waals surface area contributed by atoms with E-state index in [4.69, 9.17) is 9.47 Å². The van der Waals surface area contributed by atoms with Gasteiger partial charge in [-0.3, -0.25) is 4.79 Å². The maximum Gasteiger partial charge on any atom is 0.333 e. The first-order chi connectivity index (χ1) is 16.5. The van der Waals surface area contributed by atoms with Gasteiger partial charge in [0.25, 0.3) is 5.91 Å². The Morgan fingerprint density at radius 1 is 0.941 bits per heavy atom. The predicted molar refractivity (Wildman–Crippen MR) is 134 cm³/mol. The summed E-state index contributed by atoms with van der Waals surface area (Å²) in [6.45, 7) is 7.50. The van der Waals surface area contributed by atoms with Gasteiger partial charge in [-0.2, -0.15) is 0 Å². The molecule has 2 atom stereocenters. The lowest BCUT2D eigenvalue weighted by Crippen LogP contribution is -2.35. The van der Waals surface area contributed by atoms with Crippen LogP contribution < -0.4 is 4.74 Å². The van der Waals surface area contributed by atoms with Gasteiger partial charge in [-0.15, -0.1) is 0 Å². The number of hydrogen-bond acceptors (Lipinski definition) is 4. The molecule has 0 aliphatic heterocycles. The zero-order chi connectivity index (χ0) is 24.8. The number of nitrogens with zero attached hydrogens (tertiary/aromatic N) is 1. The molecule has 1 amide bonds. The molecule has 0 aliphatic carbocycles. The van der Waals surface area contributed by atoms with E-state index in [1.807, 2.05) is 54.3 Å². The summed E-state index contributed by atoms with van der Waals surface area (Å²) in [6.07, 6.45) is 4.16. The maximum absolute atomic E-state index is 13.0. The van der Waals surface area contributed by atoms with E-state index in [0.717, 1.165) is 30.4 Å². The number of aliphatic carboxylic acids is 1. The number of benzene rings is 2. The summed E-state index contributed by atoms with van der Waals surface area (Å²) < 4.78 is 11.3. The first-order valence-electron chi connectivity index (χ1n) is 12.4. The van der Waals surface area contributed by atoms with Gasteiger partial charge in [0.1, 0.15) is 5.75 Å². The second kappa shape index (κ2) is 15.1. The summed E-state index contributed by atoms with van der Waals surface area (Å²) >= 11 is 0. The van der Waals surface area contributed by atoms with Gasteiger partial charge in [0.05, 0.1) is 0 Å². The molecule has 0 saturated heterocycles. The van der Waals surface area contributed by atoms with Crippen LogP contribution in [0.2, 0.25) is 0 Å². The van der Waals surface area contributed by atoms with Crippen molar-refractivity contribution in [3.63, 3.8) is 0 Å². The summed E-state index contributed by atoms with van der Waals surface area (Å²) in [4.78, 5) is 26.5. The Morgan fingerprint density at radius 2 is 1.65 bits per heavy atom. The Labute approximate surface area is 203 Å². The third-order valence-electron chi connectivity index (χ3n) is 5.92. The first-order valence-corrected chi connectivity index (χ1v) is 12.4. The number of carbonyl (C=O) groups is 2. The van der Waals surface area contributed by atoms with E-state index in [2.05, 4.69) is 6.92 Å². The molecular formula is C28H39NO5. The Bertz CT molecular complexity index is 853. The van der Waals surface area contributed by atoms with Gasteiger partial charge >= 0.3 is 5.97 Å². The SMILES string of the molecule is CCCCCCN(Cc1ccccc1)C(=O)COc1ccc(C(CC)[C@H](OCC)C(=O)O)cc1. The summed E-state index contributed by atoms with van der Waals surface area (Å²) in [7, 11) is 0. The number of carboxylic acid groups (broad SMARTS) is 1. The largest absolute Gasteiger partial charge is 0.484 e. The van der Waals surface area contributed by atoms with Crippen molar-refractivity contribution in [2.75, 3.05) is 19.8 Å². The number of ether oxygens (including phenoxy) is 2. The van der Waals surface area contributed by atoms with E-state index in [1.165, 1.54) is 6.42 Å². The van der Waals surface area contributed by atoms with Gasteiger partial charge < -0.3 is 19.5 Å². The van der Waals surface area contributed by atoms with E-state index < -0.39 is 12.1 Å². The van der Waals surface area contributed by atoms with Crippen LogP contribution in [0, 0.1) is 0 Å². The highest BCUT2D eigenvalue weighted by molar-refractivity contribution is 5.77. The van der Waals surface area contributed by atoms with Crippen LogP contribution in [-0.4, -0.2) is 47.7 Å². The van der Waals surface area contributed by atoms with Gasteiger partial charge in [0.15, 0.2) is 12.7 Å². The van der Waals surface area contributed by atoms with E-state index in [-0.39, 0.29) is 18.4 Å². The molecule has 0 aromatic heterocycles. The fourth-order valence-corrected chi connectivity index (χ4v) is 4.04. The summed E-state index contributed by atoms with van der Waals surface area (Å²) in [5, 5.41) is 9.52. The summed E-state index contributed by atoms with van der Waals surface area (Å²) in [6, 6.07) is 17.3. The number of rotatable bonds is 16. The minimum Gasteiger partial charge on any atom is -0.484 e. The number of carbonyl (C=O) groups excluding carboxylic acids is 1. The third kappa shape index (κ3) is 8.82. The smallest absolute Gasteiger partial charge is 0.333 e. The van der Waals surface area contributed by atoms with Crippen molar-refractivity contribution in [1.82, 2.24) is 4.90 Å². The molecule has 0 aliphatic rings. The van der Waals surface area contributed by atoms with Gasteiger partial charge in [0, 0.05) is 25.6 Å². The highest BCUT2D eigenvalue weighted by atomic mass is 16.5. The van der Waals surface area contributed by atoms with Crippen LogP contribution >= 0.6 is 0 Å². The number of amides is 1. The van der Waals surface area contributed by atoms with E-state index in [0.29, 0.717) is 31.9 Å². The highest BCUT2D eigenvalue weighted by Crippen LogP contribution is 2.27. The van der Waals surface area contributed by atoms with E-state index >= 15 is 0 Å². The molecule has 34 heavy (non-hydrogen) atoms. The van der Waals surface area contributed by atoms with Crippen LogP contribution in [0.15, 0.2) is 54.6 Å². The minimum absolute atomic E-state index is 0.0339. The average Bonchev–Trinajstić information content (AvgIpc) is 2.85. The summed E-state index contributed by atoms with van der Waals surface area (Å²) in [5.41, 5.74) is 1.98. The van der Waals surface area contributed by atoms with Crippen LogP contribution in [-0.2, 0) is 20.9 Å². The molecule has 0 radical (unpaired) electrons. The van der Waals surface area contributed by atoms with E-state index in [9.17, 15) is 14.7 Å². The molecule has 2 rings (SSSR count). The molecule has 0 saturated carbocycles. The standard InChI is InChI=1S/C28H39NO5/c1-4-7-8-12-19-29(20-22-13-10-9-11-14-22)26(30)21-34-24-17-15-23(16-18-24)25(5-2)27(28(31)32)33-6-3/h9-11,13-18,25,27H,4-8,12,19-21H2,1-3H3,(H,31,32)/t25?,27-/m0/s1. The van der Waals surface area contributed by atoms with Gasteiger partial charge in [-0.25, -0.2) is 4.79 Å². The van der Waals surface area contributed by atoms with Crippen molar-refractivity contribution in [3.8, 4) is 5.75 Å². The second-order valence-corrected chi connectivity index (χ2v) is 8.45.